The van der Waals surface area contributed by atoms with E-state index in [0.717, 1.165) is 21.6 Å². The summed E-state index contributed by atoms with van der Waals surface area (Å²) in [4.78, 5) is 8.75. The number of benzene rings is 2. The molecule has 3 rings (SSSR count). The lowest BCUT2D eigenvalue weighted by atomic mass is 10.3. The van der Waals surface area contributed by atoms with Gasteiger partial charge in [-0.3, -0.25) is 0 Å². The maximum atomic E-state index is 5.61. The van der Waals surface area contributed by atoms with E-state index in [9.17, 15) is 0 Å². The van der Waals surface area contributed by atoms with E-state index in [1.807, 2.05) is 61.5 Å². The van der Waals surface area contributed by atoms with Gasteiger partial charge in [0.1, 0.15) is 11.6 Å². The number of nitrogens with zero attached hydrogens (tertiary/aromatic N) is 2. The van der Waals surface area contributed by atoms with E-state index in [0.29, 0.717) is 18.4 Å². The van der Waals surface area contributed by atoms with Crippen molar-refractivity contribution in [2.24, 2.45) is 0 Å². The Morgan fingerprint density at radius 3 is 2.58 bits per heavy atom. The number of hydrogen-bond donors (Lipinski definition) is 2. The van der Waals surface area contributed by atoms with Crippen LogP contribution in [0.25, 0.3) is 0 Å². The number of rotatable bonds is 6. The van der Waals surface area contributed by atoms with E-state index in [2.05, 4.69) is 36.5 Å². The fourth-order valence-electron chi connectivity index (χ4n) is 2.14. The Hall–Kier alpha value is -2.60. The molecule has 0 bridgehead atoms. The van der Waals surface area contributed by atoms with Gasteiger partial charge in [0.05, 0.1) is 12.3 Å². The molecule has 0 unspecified atom stereocenters. The smallest absolute Gasteiger partial charge is 0.229 e. The molecule has 0 fully saturated rings. The third kappa shape index (κ3) is 4.23. The summed E-state index contributed by atoms with van der Waals surface area (Å²) in [5.41, 5.74) is 1.79. The van der Waals surface area contributed by atoms with Gasteiger partial charge in [0, 0.05) is 16.4 Å². The number of para-hydroxylation sites is 2. The molecule has 0 atom stereocenters. The van der Waals surface area contributed by atoms with E-state index >= 15 is 0 Å². The van der Waals surface area contributed by atoms with Crippen molar-refractivity contribution >= 4 is 39.1 Å². The average Bonchev–Trinajstić information content (AvgIpc) is 2.59. The molecule has 2 N–H and O–H groups in total. The summed E-state index contributed by atoms with van der Waals surface area (Å²) >= 11 is 3.42. The van der Waals surface area contributed by atoms with Crippen molar-refractivity contribution < 1.29 is 4.74 Å². The molecule has 24 heavy (non-hydrogen) atoms. The molecule has 0 aliphatic carbocycles. The second kappa shape index (κ2) is 7.79. The van der Waals surface area contributed by atoms with E-state index in [4.69, 9.17) is 4.74 Å². The van der Waals surface area contributed by atoms with Gasteiger partial charge < -0.3 is 15.4 Å². The van der Waals surface area contributed by atoms with Crippen molar-refractivity contribution in [2.45, 2.75) is 6.92 Å². The minimum atomic E-state index is 0.504. The van der Waals surface area contributed by atoms with E-state index in [1.165, 1.54) is 0 Å². The van der Waals surface area contributed by atoms with Crippen molar-refractivity contribution in [1.82, 2.24) is 9.97 Å². The maximum Gasteiger partial charge on any atom is 0.229 e. The largest absolute Gasteiger partial charge is 0.492 e. The molecule has 0 saturated heterocycles. The topological polar surface area (TPSA) is 59.1 Å². The minimum absolute atomic E-state index is 0.504. The first-order chi connectivity index (χ1) is 11.7. The first-order valence-electron chi connectivity index (χ1n) is 7.59. The Kier molecular flexibility index (Phi) is 5.28. The fourth-order valence-corrected chi connectivity index (χ4v) is 2.41. The van der Waals surface area contributed by atoms with E-state index < -0.39 is 0 Å². The van der Waals surface area contributed by atoms with Crippen molar-refractivity contribution in [2.75, 3.05) is 17.2 Å². The molecule has 1 aromatic heterocycles. The summed E-state index contributed by atoms with van der Waals surface area (Å²) in [5, 5.41) is 6.45. The Balaban J connectivity index is 1.77. The molecule has 0 radical (unpaired) electrons. The Morgan fingerprint density at radius 1 is 1.00 bits per heavy atom. The summed E-state index contributed by atoms with van der Waals surface area (Å²) in [6, 6.07) is 17.4. The van der Waals surface area contributed by atoms with Crippen LogP contribution in [0.4, 0.5) is 23.1 Å². The van der Waals surface area contributed by atoms with Crippen molar-refractivity contribution in [3.63, 3.8) is 0 Å². The van der Waals surface area contributed by atoms with Crippen LogP contribution in [0, 0.1) is 0 Å². The zero-order valence-electron chi connectivity index (χ0n) is 13.2. The number of halogens is 1. The molecular formula is C18H17BrN4O. The lowest BCUT2D eigenvalue weighted by Gasteiger charge is -2.12. The second-order valence-electron chi connectivity index (χ2n) is 4.95. The normalized spacial score (nSPS) is 10.2. The zero-order chi connectivity index (χ0) is 16.8. The van der Waals surface area contributed by atoms with Crippen molar-refractivity contribution in [3.05, 3.63) is 65.3 Å². The van der Waals surface area contributed by atoms with Gasteiger partial charge in [0.25, 0.3) is 0 Å². The molecule has 1 heterocycles. The summed E-state index contributed by atoms with van der Waals surface area (Å²) < 4.78 is 6.64. The van der Waals surface area contributed by atoms with Gasteiger partial charge in [-0.2, -0.15) is 4.98 Å². The monoisotopic (exact) mass is 384 g/mol. The number of hydrogen-bond acceptors (Lipinski definition) is 5. The van der Waals surface area contributed by atoms with Crippen LogP contribution < -0.4 is 15.4 Å². The van der Waals surface area contributed by atoms with Crippen LogP contribution in [0.15, 0.2) is 65.3 Å². The molecule has 2 aromatic carbocycles. The highest BCUT2D eigenvalue weighted by Crippen LogP contribution is 2.26. The van der Waals surface area contributed by atoms with Gasteiger partial charge in [-0.25, -0.2) is 4.98 Å². The lowest BCUT2D eigenvalue weighted by molar-refractivity contribution is 0.342. The van der Waals surface area contributed by atoms with E-state index in [-0.39, 0.29) is 0 Å². The third-order valence-electron chi connectivity index (χ3n) is 3.21. The quantitative estimate of drug-likeness (QED) is 0.617. The van der Waals surface area contributed by atoms with Crippen LogP contribution in [0.1, 0.15) is 6.92 Å². The van der Waals surface area contributed by atoms with Crippen LogP contribution in [0.5, 0.6) is 5.75 Å². The van der Waals surface area contributed by atoms with Crippen LogP contribution in [-0.4, -0.2) is 16.6 Å². The fraction of sp³-hybridized carbons (Fsp3) is 0.111. The molecule has 0 spiro atoms. The van der Waals surface area contributed by atoms with Gasteiger partial charge in [0.15, 0.2) is 0 Å². The van der Waals surface area contributed by atoms with Crippen molar-refractivity contribution in [3.8, 4) is 5.75 Å². The standard InChI is InChI=1S/C18H17BrN4O/c1-2-24-16-6-4-3-5-15(16)22-18-20-12-11-17(23-18)21-14-9-7-13(19)8-10-14/h3-12H,2H2,1H3,(H2,20,21,22,23). The van der Waals surface area contributed by atoms with Gasteiger partial charge in [-0.1, -0.05) is 28.1 Å². The van der Waals surface area contributed by atoms with Crippen LogP contribution >= 0.6 is 15.9 Å². The molecule has 0 aliphatic rings. The molecule has 122 valence electrons. The predicted octanol–water partition coefficient (Wildman–Crippen LogP) is 5.13. The number of nitrogens with one attached hydrogen (secondary N) is 2. The minimum Gasteiger partial charge on any atom is -0.492 e. The Labute approximate surface area is 149 Å². The predicted molar refractivity (Wildman–Crippen MR) is 100 cm³/mol. The first-order valence-corrected chi connectivity index (χ1v) is 8.38. The number of aromatic nitrogens is 2. The van der Waals surface area contributed by atoms with Gasteiger partial charge in [-0.05, 0) is 49.4 Å². The molecule has 0 aliphatic heterocycles. The highest BCUT2D eigenvalue weighted by atomic mass is 79.9. The van der Waals surface area contributed by atoms with Crippen LogP contribution in [0.2, 0.25) is 0 Å². The van der Waals surface area contributed by atoms with Crippen LogP contribution in [0.3, 0.4) is 0 Å². The van der Waals surface area contributed by atoms with Gasteiger partial charge in [-0.15, -0.1) is 0 Å². The summed E-state index contributed by atoms with van der Waals surface area (Å²) in [6.07, 6.45) is 1.71. The molecule has 0 saturated carbocycles. The summed E-state index contributed by atoms with van der Waals surface area (Å²) in [7, 11) is 0. The number of ether oxygens (including phenoxy) is 1. The SMILES string of the molecule is CCOc1ccccc1Nc1nccc(Nc2ccc(Br)cc2)n1. The highest BCUT2D eigenvalue weighted by Gasteiger charge is 2.05. The van der Waals surface area contributed by atoms with Gasteiger partial charge >= 0.3 is 0 Å². The highest BCUT2D eigenvalue weighted by molar-refractivity contribution is 9.10. The average molecular weight is 385 g/mol. The van der Waals surface area contributed by atoms with Crippen molar-refractivity contribution in [1.29, 1.82) is 0 Å². The number of anilines is 4. The summed E-state index contributed by atoms with van der Waals surface area (Å²) in [5.74, 6) is 1.99. The maximum absolute atomic E-state index is 5.61. The molecule has 3 aromatic rings. The van der Waals surface area contributed by atoms with E-state index in [1.54, 1.807) is 6.20 Å². The zero-order valence-corrected chi connectivity index (χ0v) is 14.7. The molecule has 6 heteroatoms. The molecule has 5 nitrogen and oxygen atoms in total. The molecular weight excluding hydrogens is 368 g/mol. The molecule has 0 amide bonds. The Morgan fingerprint density at radius 2 is 1.79 bits per heavy atom. The second-order valence-corrected chi connectivity index (χ2v) is 5.87. The van der Waals surface area contributed by atoms with Crippen LogP contribution in [-0.2, 0) is 0 Å². The third-order valence-corrected chi connectivity index (χ3v) is 3.73. The lowest BCUT2D eigenvalue weighted by Crippen LogP contribution is -2.02. The van der Waals surface area contributed by atoms with Gasteiger partial charge in [0.2, 0.25) is 5.95 Å². The summed E-state index contributed by atoms with van der Waals surface area (Å²) in [6.45, 7) is 2.56. The Bertz CT molecular complexity index is 808. The first kappa shape index (κ1) is 16.3.